The van der Waals surface area contributed by atoms with Crippen LogP contribution in [0.15, 0.2) is 24.3 Å². The van der Waals surface area contributed by atoms with E-state index in [1.807, 2.05) is 24.3 Å². The van der Waals surface area contributed by atoms with E-state index in [9.17, 15) is 9.59 Å². The number of halogens is 1. The largest absolute Gasteiger partial charge is 0.282 e. The molecular weight excluding hydrogens is 226 g/mol. The number of likely N-dealkylation sites (tertiary alicyclic amines) is 1. The minimum atomic E-state index is -0.0722. The Hall–Kier alpha value is -1.35. The minimum Gasteiger partial charge on any atom is -0.282 e. The van der Waals surface area contributed by atoms with E-state index in [4.69, 9.17) is 11.6 Å². The van der Waals surface area contributed by atoms with Crippen LogP contribution in [0.4, 0.5) is 0 Å². The second-order valence-corrected chi connectivity index (χ2v) is 4.19. The van der Waals surface area contributed by atoms with Gasteiger partial charge in [0.2, 0.25) is 11.8 Å². The molecule has 1 aromatic carbocycles. The van der Waals surface area contributed by atoms with E-state index in [1.54, 1.807) is 0 Å². The Bertz CT molecular complexity index is 415. The summed E-state index contributed by atoms with van der Waals surface area (Å²) in [6, 6.07) is 7.48. The molecule has 4 heteroatoms. The standard InChI is InChI=1S/C12H12ClNO2/c13-10-4-2-1-3-9(10)7-8-14-11(15)5-6-12(14)16/h1-4H,5-8H2. The molecule has 0 aromatic heterocycles. The van der Waals surface area contributed by atoms with Crippen molar-refractivity contribution >= 4 is 23.4 Å². The molecule has 0 aliphatic carbocycles. The zero-order valence-electron chi connectivity index (χ0n) is 8.78. The molecule has 0 unspecified atom stereocenters. The van der Waals surface area contributed by atoms with Gasteiger partial charge in [-0.05, 0) is 18.1 Å². The third-order valence-electron chi connectivity index (χ3n) is 2.72. The Balaban J connectivity index is 2.00. The first kappa shape index (κ1) is 11.1. The lowest BCUT2D eigenvalue weighted by molar-refractivity contribution is -0.138. The van der Waals surface area contributed by atoms with Crippen molar-refractivity contribution in [3.05, 3.63) is 34.9 Å². The third-order valence-corrected chi connectivity index (χ3v) is 3.09. The molecule has 1 saturated heterocycles. The molecular formula is C12H12ClNO2. The number of amides is 2. The Morgan fingerprint density at radius 3 is 2.38 bits per heavy atom. The topological polar surface area (TPSA) is 37.4 Å². The van der Waals surface area contributed by atoms with Crippen LogP contribution >= 0.6 is 11.6 Å². The van der Waals surface area contributed by atoms with Gasteiger partial charge >= 0.3 is 0 Å². The van der Waals surface area contributed by atoms with Gasteiger partial charge in [-0.2, -0.15) is 0 Å². The molecule has 16 heavy (non-hydrogen) atoms. The van der Waals surface area contributed by atoms with Crippen molar-refractivity contribution in [2.45, 2.75) is 19.3 Å². The van der Waals surface area contributed by atoms with Crippen LogP contribution in [0.1, 0.15) is 18.4 Å². The highest BCUT2D eigenvalue weighted by Gasteiger charge is 2.28. The van der Waals surface area contributed by atoms with Crippen molar-refractivity contribution in [2.24, 2.45) is 0 Å². The molecule has 0 spiro atoms. The minimum absolute atomic E-state index is 0.0722. The predicted molar refractivity (Wildman–Crippen MR) is 61.1 cm³/mol. The molecule has 0 radical (unpaired) electrons. The number of imide groups is 1. The summed E-state index contributed by atoms with van der Waals surface area (Å²) >= 11 is 5.99. The number of benzene rings is 1. The number of carbonyl (C=O) groups is 2. The molecule has 1 fully saturated rings. The summed E-state index contributed by atoms with van der Waals surface area (Å²) in [5.74, 6) is -0.144. The van der Waals surface area contributed by atoms with Crippen molar-refractivity contribution < 1.29 is 9.59 Å². The highest BCUT2D eigenvalue weighted by Crippen LogP contribution is 2.17. The van der Waals surface area contributed by atoms with Crippen molar-refractivity contribution in [1.82, 2.24) is 4.90 Å². The Morgan fingerprint density at radius 2 is 1.75 bits per heavy atom. The average molecular weight is 238 g/mol. The van der Waals surface area contributed by atoms with Gasteiger partial charge in [0.05, 0.1) is 0 Å². The van der Waals surface area contributed by atoms with Gasteiger partial charge in [0.15, 0.2) is 0 Å². The summed E-state index contributed by atoms with van der Waals surface area (Å²) < 4.78 is 0. The van der Waals surface area contributed by atoms with Crippen LogP contribution in [0.25, 0.3) is 0 Å². The highest BCUT2D eigenvalue weighted by molar-refractivity contribution is 6.31. The van der Waals surface area contributed by atoms with E-state index < -0.39 is 0 Å². The molecule has 2 rings (SSSR count). The highest BCUT2D eigenvalue weighted by atomic mass is 35.5. The van der Waals surface area contributed by atoms with Gasteiger partial charge in [0.1, 0.15) is 0 Å². The number of hydrogen-bond donors (Lipinski definition) is 0. The summed E-state index contributed by atoms with van der Waals surface area (Å²) in [5, 5.41) is 0.682. The Labute approximate surface area is 99.0 Å². The smallest absolute Gasteiger partial charge is 0.229 e. The van der Waals surface area contributed by atoms with Crippen LogP contribution in [0.2, 0.25) is 5.02 Å². The number of rotatable bonds is 3. The van der Waals surface area contributed by atoms with Crippen LogP contribution in [-0.4, -0.2) is 23.3 Å². The van der Waals surface area contributed by atoms with Gasteiger partial charge in [0, 0.05) is 24.4 Å². The normalized spacial score (nSPS) is 15.9. The van der Waals surface area contributed by atoms with E-state index in [0.717, 1.165) is 5.56 Å². The van der Waals surface area contributed by atoms with Gasteiger partial charge in [-0.15, -0.1) is 0 Å². The summed E-state index contributed by atoms with van der Waals surface area (Å²) in [6.45, 7) is 0.432. The molecule has 0 atom stereocenters. The quantitative estimate of drug-likeness (QED) is 0.755. The fourth-order valence-corrected chi connectivity index (χ4v) is 2.04. The number of carbonyl (C=O) groups excluding carboxylic acids is 2. The second-order valence-electron chi connectivity index (χ2n) is 3.78. The maximum absolute atomic E-state index is 11.4. The average Bonchev–Trinajstić information content (AvgIpc) is 2.58. The van der Waals surface area contributed by atoms with E-state index in [0.29, 0.717) is 30.8 Å². The molecule has 1 heterocycles. The lowest BCUT2D eigenvalue weighted by Gasteiger charge is -2.13. The molecule has 1 aliphatic rings. The number of hydrogen-bond acceptors (Lipinski definition) is 2. The first-order valence-corrected chi connectivity index (χ1v) is 5.63. The predicted octanol–water partition coefficient (Wildman–Crippen LogP) is 2.03. The lowest BCUT2D eigenvalue weighted by atomic mass is 10.1. The zero-order chi connectivity index (χ0) is 11.5. The van der Waals surface area contributed by atoms with E-state index in [2.05, 4.69) is 0 Å². The SMILES string of the molecule is O=C1CCC(=O)N1CCc1ccccc1Cl. The third kappa shape index (κ3) is 2.25. The van der Waals surface area contributed by atoms with E-state index >= 15 is 0 Å². The first-order chi connectivity index (χ1) is 7.68. The fourth-order valence-electron chi connectivity index (χ4n) is 1.81. The Kier molecular flexibility index (Phi) is 3.25. The van der Waals surface area contributed by atoms with Gasteiger partial charge in [-0.1, -0.05) is 29.8 Å². The summed E-state index contributed by atoms with van der Waals surface area (Å²) in [5.41, 5.74) is 0.969. The first-order valence-electron chi connectivity index (χ1n) is 5.25. The summed E-state index contributed by atoms with van der Waals surface area (Å²) in [6.07, 6.45) is 1.32. The summed E-state index contributed by atoms with van der Waals surface area (Å²) in [7, 11) is 0. The van der Waals surface area contributed by atoms with Crippen molar-refractivity contribution in [3.8, 4) is 0 Å². The maximum atomic E-state index is 11.4. The van der Waals surface area contributed by atoms with Gasteiger partial charge in [-0.25, -0.2) is 0 Å². The molecule has 0 saturated carbocycles. The molecule has 1 aliphatic heterocycles. The molecule has 84 valence electrons. The van der Waals surface area contributed by atoms with Crippen LogP contribution in [-0.2, 0) is 16.0 Å². The maximum Gasteiger partial charge on any atom is 0.229 e. The molecule has 3 nitrogen and oxygen atoms in total. The van der Waals surface area contributed by atoms with Gasteiger partial charge in [0.25, 0.3) is 0 Å². The van der Waals surface area contributed by atoms with Crippen molar-refractivity contribution in [2.75, 3.05) is 6.54 Å². The lowest BCUT2D eigenvalue weighted by Crippen LogP contribution is -2.31. The van der Waals surface area contributed by atoms with E-state index in [1.165, 1.54) is 4.90 Å². The summed E-state index contributed by atoms with van der Waals surface area (Å²) in [4.78, 5) is 24.0. The molecule has 0 N–H and O–H groups in total. The Morgan fingerprint density at radius 1 is 1.12 bits per heavy atom. The van der Waals surface area contributed by atoms with Gasteiger partial charge < -0.3 is 0 Å². The van der Waals surface area contributed by atoms with Crippen LogP contribution < -0.4 is 0 Å². The second kappa shape index (κ2) is 4.66. The van der Waals surface area contributed by atoms with Crippen molar-refractivity contribution in [1.29, 1.82) is 0 Å². The van der Waals surface area contributed by atoms with E-state index in [-0.39, 0.29) is 11.8 Å². The number of nitrogens with zero attached hydrogens (tertiary/aromatic N) is 1. The van der Waals surface area contributed by atoms with Crippen LogP contribution in [0.3, 0.4) is 0 Å². The zero-order valence-corrected chi connectivity index (χ0v) is 9.54. The fraction of sp³-hybridized carbons (Fsp3) is 0.333. The monoisotopic (exact) mass is 237 g/mol. The molecule has 2 amide bonds. The van der Waals surface area contributed by atoms with Crippen molar-refractivity contribution in [3.63, 3.8) is 0 Å². The van der Waals surface area contributed by atoms with Crippen LogP contribution in [0.5, 0.6) is 0 Å². The molecule has 0 bridgehead atoms. The van der Waals surface area contributed by atoms with Gasteiger partial charge in [-0.3, -0.25) is 14.5 Å². The molecule has 1 aromatic rings. The van der Waals surface area contributed by atoms with Crippen LogP contribution in [0, 0.1) is 0 Å².